The van der Waals surface area contributed by atoms with Gasteiger partial charge in [0.25, 0.3) is 0 Å². The molecule has 39 heavy (non-hydrogen) atoms. The molecule has 0 amide bonds. The molecule has 2 aromatic heterocycles. The molecule has 4 atom stereocenters. The third-order valence-corrected chi connectivity index (χ3v) is 8.37. The Bertz CT molecular complexity index is 1460. The molecule has 3 heterocycles. The summed E-state index contributed by atoms with van der Waals surface area (Å²) >= 11 is 1.62. The van der Waals surface area contributed by atoms with Crippen molar-refractivity contribution in [1.82, 2.24) is 15.0 Å². The minimum Gasteiger partial charge on any atom is -0.497 e. The molecule has 0 radical (unpaired) electrons. The van der Waals surface area contributed by atoms with Crippen LogP contribution in [0.3, 0.4) is 0 Å². The molecule has 2 aromatic carbocycles. The first-order valence-corrected chi connectivity index (χ1v) is 14.0. The van der Waals surface area contributed by atoms with Gasteiger partial charge in [-0.15, -0.1) is 11.3 Å². The van der Waals surface area contributed by atoms with Crippen molar-refractivity contribution >= 4 is 33.3 Å². The zero-order valence-electron chi connectivity index (χ0n) is 22.5. The van der Waals surface area contributed by atoms with Crippen molar-refractivity contribution in [1.29, 1.82) is 0 Å². The summed E-state index contributed by atoms with van der Waals surface area (Å²) in [5.41, 5.74) is 3.68. The van der Waals surface area contributed by atoms with Crippen molar-refractivity contribution in [2.45, 2.75) is 57.8 Å². The van der Waals surface area contributed by atoms with E-state index in [0.717, 1.165) is 37.8 Å². The minimum absolute atomic E-state index is 0.0197. The van der Waals surface area contributed by atoms with E-state index in [2.05, 4.69) is 16.7 Å². The van der Waals surface area contributed by atoms with E-state index in [1.165, 1.54) is 0 Å². The number of anilines is 2. The van der Waals surface area contributed by atoms with E-state index >= 15 is 0 Å². The lowest BCUT2D eigenvalue weighted by molar-refractivity contribution is -0.158. The van der Waals surface area contributed by atoms with Crippen LogP contribution in [0.1, 0.15) is 31.5 Å². The Morgan fingerprint density at radius 3 is 2.69 bits per heavy atom. The molecule has 1 aliphatic heterocycles. The molecule has 10 heteroatoms. The molecule has 1 saturated heterocycles. The standard InChI is InChI=1S/C29H33N5O4S/c1-16-23(27-33-20-10-5-6-11-22(20)39-27)26(32-21-13-18(15-35)24-25(21)38-29(2,3)37-24)34-28(31-16)30-14-17-8-7-9-19(12-17)36-4/h5-12,18,21,24-25,35H,13-15H2,1-4H3,(H2,30,31,32,34)/t18-,21-,24-,25+/m1/s1. The number of nitrogens with one attached hydrogen (secondary N) is 2. The summed E-state index contributed by atoms with van der Waals surface area (Å²) in [6, 6.07) is 15.9. The Balaban J connectivity index is 1.35. The molecule has 1 saturated carbocycles. The predicted octanol–water partition coefficient (Wildman–Crippen LogP) is 5.00. The lowest BCUT2D eigenvalue weighted by Gasteiger charge is -2.25. The van der Waals surface area contributed by atoms with Crippen LogP contribution in [-0.2, 0) is 16.0 Å². The number of ether oxygens (including phenoxy) is 3. The number of aryl methyl sites for hydroxylation is 1. The van der Waals surface area contributed by atoms with Gasteiger partial charge >= 0.3 is 0 Å². The van der Waals surface area contributed by atoms with Crippen molar-refractivity contribution in [3.8, 4) is 16.3 Å². The van der Waals surface area contributed by atoms with Crippen LogP contribution in [0.2, 0.25) is 0 Å². The van der Waals surface area contributed by atoms with Crippen LogP contribution in [0.25, 0.3) is 20.8 Å². The fourth-order valence-electron chi connectivity index (χ4n) is 5.54. The number of aromatic nitrogens is 3. The van der Waals surface area contributed by atoms with Crippen LogP contribution in [0, 0.1) is 12.8 Å². The summed E-state index contributed by atoms with van der Waals surface area (Å²) in [6.45, 7) is 6.40. The average Bonchev–Trinajstić information content (AvgIpc) is 3.58. The maximum Gasteiger partial charge on any atom is 0.225 e. The van der Waals surface area contributed by atoms with Gasteiger partial charge in [-0.1, -0.05) is 24.3 Å². The van der Waals surface area contributed by atoms with Crippen LogP contribution >= 0.6 is 11.3 Å². The quantitative estimate of drug-likeness (QED) is 0.281. The van der Waals surface area contributed by atoms with E-state index in [4.69, 9.17) is 29.2 Å². The van der Waals surface area contributed by atoms with Crippen molar-refractivity contribution in [2.24, 2.45) is 5.92 Å². The van der Waals surface area contributed by atoms with Crippen LogP contribution in [-0.4, -0.2) is 57.8 Å². The molecule has 0 spiro atoms. The Labute approximate surface area is 231 Å². The molecule has 9 nitrogen and oxygen atoms in total. The van der Waals surface area contributed by atoms with Crippen molar-refractivity contribution in [3.05, 3.63) is 59.8 Å². The molecule has 204 valence electrons. The molecule has 0 bridgehead atoms. The minimum atomic E-state index is -0.704. The lowest BCUT2D eigenvalue weighted by atomic mass is 10.1. The zero-order chi connectivity index (χ0) is 27.1. The number of benzene rings is 2. The van der Waals surface area contributed by atoms with Crippen LogP contribution in [0.4, 0.5) is 11.8 Å². The summed E-state index contributed by atoms with van der Waals surface area (Å²) in [6.07, 6.45) is 0.322. The number of aliphatic hydroxyl groups is 1. The highest BCUT2D eigenvalue weighted by Gasteiger charge is 2.54. The van der Waals surface area contributed by atoms with Crippen LogP contribution in [0.15, 0.2) is 48.5 Å². The number of rotatable bonds is 8. The highest BCUT2D eigenvalue weighted by atomic mass is 32.1. The normalized spacial score (nSPS) is 23.6. The van der Waals surface area contributed by atoms with Crippen molar-refractivity contribution in [2.75, 3.05) is 24.4 Å². The van der Waals surface area contributed by atoms with Gasteiger partial charge in [0.1, 0.15) is 22.7 Å². The zero-order valence-corrected chi connectivity index (χ0v) is 23.3. The van der Waals surface area contributed by atoms with Gasteiger partial charge in [0.2, 0.25) is 5.95 Å². The molecule has 1 aliphatic carbocycles. The van der Waals surface area contributed by atoms with E-state index in [-0.39, 0.29) is 30.8 Å². The van der Waals surface area contributed by atoms with E-state index in [1.54, 1.807) is 18.4 Å². The molecular formula is C29H33N5O4S. The number of aliphatic hydroxyl groups excluding tert-OH is 1. The second kappa shape index (κ2) is 10.3. The number of para-hydroxylation sites is 1. The lowest BCUT2D eigenvalue weighted by Crippen LogP contribution is -2.35. The SMILES string of the molecule is COc1cccc(CNc2nc(C)c(-c3nc4ccccc4s3)c(N[C@@H]3C[C@H](CO)[C@H]4OC(C)(C)O[C@H]43)n2)c1. The Morgan fingerprint density at radius 2 is 1.90 bits per heavy atom. The first-order chi connectivity index (χ1) is 18.8. The largest absolute Gasteiger partial charge is 0.497 e. The summed E-state index contributed by atoms with van der Waals surface area (Å²) in [7, 11) is 1.66. The van der Waals surface area contributed by atoms with Gasteiger partial charge in [0.05, 0.1) is 40.7 Å². The Morgan fingerprint density at radius 1 is 1.08 bits per heavy atom. The van der Waals surface area contributed by atoms with Gasteiger partial charge in [-0.2, -0.15) is 4.98 Å². The van der Waals surface area contributed by atoms with Gasteiger partial charge in [-0.05, 0) is 57.0 Å². The summed E-state index contributed by atoms with van der Waals surface area (Å²) in [4.78, 5) is 14.7. The summed E-state index contributed by atoms with van der Waals surface area (Å²) in [5.74, 6) is 1.28. The number of methoxy groups -OCH3 is 1. The van der Waals surface area contributed by atoms with E-state index < -0.39 is 5.79 Å². The van der Waals surface area contributed by atoms with Crippen LogP contribution in [0.5, 0.6) is 5.75 Å². The van der Waals surface area contributed by atoms with Gasteiger partial charge in [0, 0.05) is 19.1 Å². The van der Waals surface area contributed by atoms with Crippen molar-refractivity contribution < 1.29 is 19.3 Å². The predicted molar refractivity (Wildman–Crippen MR) is 152 cm³/mol. The highest BCUT2D eigenvalue weighted by Crippen LogP contribution is 2.44. The Kier molecular flexibility index (Phi) is 6.88. The van der Waals surface area contributed by atoms with E-state index in [0.29, 0.717) is 24.7 Å². The number of thiazole rings is 1. The fourth-order valence-corrected chi connectivity index (χ4v) is 6.60. The number of hydrogen-bond donors (Lipinski definition) is 3. The molecule has 0 unspecified atom stereocenters. The highest BCUT2D eigenvalue weighted by molar-refractivity contribution is 7.21. The molecule has 2 fully saturated rings. The number of fused-ring (bicyclic) bond motifs is 2. The van der Waals surface area contributed by atoms with Crippen LogP contribution < -0.4 is 15.4 Å². The smallest absolute Gasteiger partial charge is 0.225 e. The second-order valence-electron chi connectivity index (χ2n) is 10.5. The monoisotopic (exact) mass is 547 g/mol. The maximum absolute atomic E-state index is 10.1. The third-order valence-electron chi connectivity index (χ3n) is 7.32. The maximum atomic E-state index is 10.1. The summed E-state index contributed by atoms with van der Waals surface area (Å²) in [5, 5.41) is 18.0. The topological polar surface area (TPSA) is 111 Å². The molecule has 6 rings (SSSR count). The first-order valence-electron chi connectivity index (χ1n) is 13.2. The average molecular weight is 548 g/mol. The fraction of sp³-hybridized carbons (Fsp3) is 0.414. The van der Waals surface area contributed by atoms with E-state index in [9.17, 15) is 5.11 Å². The third kappa shape index (κ3) is 5.17. The first kappa shape index (κ1) is 25.9. The van der Waals surface area contributed by atoms with Gasteiger partial charge in [-0.25, -0.2) is 9.97 Å². The molecule has 3 N–H and O–H groups in total. The Hall–Kier alpha value is -3.31. The van der Waals surface area contributed by atoms with Gasteiger partial charge in [0.15, 0.2) is 5.79 Å². The number of nitrogens with zero attached hydrogens (tertiary/aromatic N) is 3. The molecular weight excluding hydrogens is 514 g/mol. The number of hydrogen-bond acceptors (Lipinski definition) is 10. The molecule has 4 aromatic rings. The second-order valence-corrected chi connectivity index (χ2v) is 11.6. The van der Waals surface area contributed by atoms with Gasteiger partial charge in [-0.3, -0.25) is 0 Å². The van der Waals surface area contributed by atoms with Gasteiger partial charge < -0.3 is 30.0 Å². The van der Waals surface area contributed by atoms with E-state index in [1.807, 2.05) is 63.2 Å². The summed E-state index contributed by atoms with van der Waals surface area (Å²) < 4.78 is 18.9. The molecule has 2 aliphatic rings. The van der Waals surface area contributed by atoms with Crippen molar-refractivity contribution in [3.63, 3.8) is 0 Å².